The minimum absolute atomic E-state index is 0.124. The van der Waals surface area contributed by atoms with Crippen LogP contribution in [0.25, 0.3) is 6.08 Å². The Hall–Kier alpha value is -3.02. The number of carbonyl (C=O) groups is 2. The molecule has 1 aromatic carbocycles. The van der Waals surface area contributed by atoms with E-state index in [2.05, 4.69) is 4.98 Å². The summed E-state index contributed by atoms with van der Waals surface area (Å²) in [7, 11) is 1.47. The molecule has 0 bridgehead atoms. The fourth-order valence-corrected chi connectivity index (χ4v) is 1.80. The monoisotopic (exact) mass is 301 g/mol. The van der Waals surface area contributed by atoms with Crippen LogP contribution >= 0.6 is 0 Å². The third kappa shape index (κ3) is 3.99. The molecule has 0 saturated heterocycles. The van der Waals surface area contributed by atoms with Gasteiger partial charge in [0.05, 0.1) is 12.8 Å². The number of H-pyrrole nitrogens is 1. The van der Waals surface area contributed by atoms with Gasteiger partial charge < -0.3 is 19.6 Å². The highest BCUT2D eigenvalue weighted by molar-refractivity contribution is 5.95. The summed E-state index contributed by atoms with van der Waals surface area (Å²) in [5.41, 5.74) is 1.13. The maximum absolute atomic E-state index is 11.8. The van der Waals surface area contributed by atoms with E-state index in [1.54, 1.807) is 36.5 Å². The van der Waals surface area contributed by atoms with Crippen molar-refractivity contribution in [3.05, 3.63) is 53.9 Å². The number of ether oxygens (including phenoxy) is 2. The van der Waals surface area contributed by atoms with Crippen LogP contribution in [-0.4, -0.2) is 35.6 Å². The molecule has 0 aliphatic heterocycles. The smallest absolute Gasteiger partial charge is 0.328 e. The van der Waals surface area contributed by atoms with Crippen molar-refractivity contribution in [2.75, 3.05) is 13.7 Å². The van der Waals surface area contributed by atoms with E-state index in [1.807, 2.05) is 0 Å². The van der Waals surface area contributed by atoms with Crippen LogP contribution in [0, 0.1) is 0 Å². The number of aromatic nitrogens is 1. The van der Waals surface area contributed by atoms with E-state index in [4.69, 9.17) is 14.6 Å². The number of Topliss-reactive ketones (excluding diaryl/α,β-unsaturated/α-hetero) is 1. The first-order chi connectivity index (χ1) is 10.6. The van der Waals surface area contributed by atoms with Gasteiger partial charge in [-0.25, -0.2) is 4.79 Å². The van der Waals surface area contributed by atoms with Crippen molar-refractivity contribution in [3.8, 4) is 11.5 Å². The van der Waals surface area contributed by atoms with Gasteiger partial charge in [-0.2, -0.15) is 0 Å². The van der Waals surface area contributed by atoms with Crippen LogP contribution in [-0.2, 0) is 4.79 Å². The standard InChI is InChI=1S/C16H15NO5/c1-21-15-9-11(5-7-16(19)20)4-6-14(15)22-10-13(18)12-3-2-8-17-12/h2-9,17H,10H2,1H3,(H,19,20)/b7-5+. The molecular weight excluding hydrogens is 286 g/mol. The first kappa shape index (κ1) is 15.4. The summed E-state index contributed by atoms with van der Waals surface area (Å²) in [4.78, 5) is 25.2. The van der Waals surface area contributed by atoms with Crippen molar-refractivity contribution >= 4 is 17.8 Å². The molecule has 0 aliphatic rings. The molecule has 2 rings (SSSR count). The van der Waals surface area contributed by atoms with Gasteiger partial charge in [0, 0.05) is 12.3 Å². The second-order valence-electron chi connectivity index (χ2n) is 4.38. The van der Waals surface area contributed by atoms with Gasteiger partial charge in [0.25, 0.3) is 0 Å². The molecule has 6 heteroatoms. The molecule has 1 aromatic heterocycles. The Labute approximate surface area is 127 Å². The van der Waals surface area contributed by atoms with Gasteiger partial charge in [-0.15, -0.1) is 0 Å². The fourth-order valence-electron chi connectivity index (χ4n) is 1.80. The molecule has 0 atom stereocenters. The average molecular weight is 301 g/mol. The number of carboxylic acids is 1. The highest BCUT2D eigenvalue weighted by atomic mass is 16.5. The van der Waals surface area contributed by atoms with Crippen molar-refractivity contribution in [1.29, 1.82) is 0 Å². The lowest BCUT2D eigenvalue weighted by molar-refractivity contribution is -0.131. The van der Waals surface area contributed by atoms with Crippen LogP contribution in [0.15, 0.2) is 42.6 Å². The van der Waals surface area contributed by atoms with Crippen LogP contribution in [0.5, 0.6) is 11.5 Å². The van der Waals surface area contributed by atoms with Crippen molar-refractivity contribution < 1.29 is 24.2 Å². The zero-order valence-corrected chi connectivity index (χ0v) is 11.9. The molecule has 0 fully saturated rings. The molecule has 2 N–H and O–H groups in total. The summed E-state index contributed by atoms with van der Waals surface area (Å²) in [5, 5.41) is 8.61. The molecule has 0 amide bonds. The molecule has 22 heavy (non-hydrogen) atoms. The van der Waals surface area contributed by atoms with Crippen LogP contribution in [0.2, 0.25) is 0 Å². The normalized spacial score (nSPS) is 10.6. The Balaban J connectivity index is 2.07. The van der Waals surface area contributed by atoms with Gasteiger partial charge in [-0.05, 0) is 35.9 Å². The highest BCUT2D eigenvalue weighted by Crippen LogP contribution is 2.28. The van der Waals surface area contributed by atoms with Crippen LogP contribution in [0.1, 0.15) is 16.1 Å². The largest absolute Gasteiger partial charge is 0.493 e. The molecule has 0 spiro atoms. The zero-order valence-electron chi connectivity index (χ0n) is 11.9. The third-order valence-electron chi connectivity index (χ3n) is 2.86. The van der Waals surface area contributed by atoms with Gasteiger partial charge in [0.2, 0.25) is 5.78 Å². The van der Waals surface area contributed by atoms with E-state index in [0.717, 1.165) is 6.08 Å². The molecule has 0 saturated carbocycles. The first-order valence-electron chi connectivity index (χ1n) is 6.48. The van der Waals surface area contributed by atoms with Crippen molar-refractivity contribution in [3.63, 3.8) is 0 Å². The number of benzene rings is 1. The van der Waals surface area contributed by atoms with Gasteiger partial charge in [-0.1, -0.05) is 6.07 Å². The fraction of sp³-hybridized carbons (Fsp3) is 0.125. The predicted molar refractivity (Wildman–Crippen MR) is 80.3 cm³/mol. The van der Waals surface area contributed by atoms with Crippen molar-refractivity contribution in [2.45, 2.75) is 0 Å². The number of methoxy groups -OCH3 is 1. The number of hydrogen-bond acceptors (Lipinski definition) is 4. The summed E-state index contributed by atoms with van der Waals surface area (Å²) in [6, 6.07) is 8.34. The molecule has 0 radical (unpaired) electrons. The lowest BCUT2D eigenvalue weighted by atomic mass is 10.2. The Kier molecular flexibility index (Phi) is 4.98. The molecule has 2 aromatic rings. The quantitative estimate of drug-likeness (QED) is 0.605. The number of aromatic amines is 1. The number of hydrogen-bond donors (Lipinski definition) is 2. The van der Waals surface area contributed by atoms with Crippen molar-refractivity contribution in [2.24, 2.45) is 0 Å². The number of carbonyl (C=O) groups excluding carboxylic acids is 1. The maximum Gasteiger partial charge on any atom is 0.328 e. The van der Waals surface area contributed by atoms with E-state index in [0.29, 0.717) is 22.8 Å². The number of rotatable bonds is 7. The summed E-state index contributed by atoms with van der Waals surface area (Å²) in [6.07, 6.45) is 4.14. The summed E-state index contributed by atoms with van der Waals surface area (Å²) < 4.78 is 10.6. The Morgan fingerprint density at radius 1 is 1.27 bits per heavy atom. The van der Waals surface area contributed by atoms with Crippen LogP contribution in [0.3, 0.4) is 0 Å². The van der Waals surface area contributed by atoms with E-state index < -0.39 is 5.97 Å². The van der Waals surface area contributed by atoms with Gasteiger partial charge in [-0.3, -0.25) is 4.79 Å². The molecule has 1 heterocycles. The van der Waals surface area contributed by atoms with Crippen molar-refractivity contribution in [1.82, 2.24) is 4.98 Å². The molecular formula is C16H15NO5. The minimum atomic E-state index is -1.03. The number of carboxylic acid groups (broad SMARTS) is 1. The molecule has 114 valence electrons. The lowest BCUT2D eigenvalue weighted by Crippen LogP contribution is -2.12. The average Bonchev–Trinajstić information content (AvgIpc) is 3.05. The Bertz CT molecular complexity index is 689. The Morgan fingerprint density at radius 2 is 2.09 bits per heavy atom. The first-order valence-corrected chi connectivity index (χ1v) is 6.48. The topological polar surface area (TPSA) is 88.6 Å². The van der Waals surface area contributed by atoms with E-state index >= 15 is 0 Å². The third-order valence-corrected chi connectivity index (χ3v) is 2.86. The van der Waals surface area contributed by atoms with Gasteiger partial charge in [0.15, 0.2) is 18.1 Å². The SMILES string of the molecule is COc1cc(/C=C/C(=O)O)ccc1OCC(=O)c1ccc[nH]1. The Morgan fingerprint density at radius 3 is 2.73 bits per heavy atom. The minimum Gasteiger partial charge on any atom is -0.493 e. The van der Waals surface area contributed by atoms with Crippen LogP contribution < -0.4 is 9.47 Å². The predicted octanol–water partition coefficient (Wildman–Crippen LogP) is 2.38. The second kappa shape index (κ2) is 7.12. The zero-order chi connectivity index (χ0) is 15.9. The van der Waals surface area contributed by atoms with Gasteiger partial charge >= 0.3 is 5.97 Å². The maximum atomic E-state index is 11.8. The van der Waals surface area contributed by atoms with Gasteiger partial charge in [0.1, 0.15) is 0 Å². The summed E-state index contributed by atoms with van der Waals surface area (Å²) in [5.74, 6) is -0.376. The second-order valence-corrected chi connectivity index (χ2v) is 4.38. The number of aliphatic carboxylic acids is 1. The number of nitrogens with one attached hydrogen (secondary N) is 1. The molecule has 0 aliphatic carbocycles. The van der Waals surface area contributed by atoms with Crippen LogP contribution in [0.4, 0.5) is 0 Å². The molecule has 0 unspecified atom stereocenters. The molecule has 6 nitrogen and oxygen atoms in total. The highest BCUT2D eigenvalue weighted by Gasteiger charge is 2.10. The van der Waals surface area contributed by atoms with E-state index in [-0.39, 0.29) is 12.4 Å². The summed E-state index contributed by atoms with van der Waals surface area (Å²) >= 11 is 0. The lowest BCUT2D eigenvalue weighted by Gasteiger charge is -2.10. The number of ketones is 1. The van der Waals surface area contributed by atoms with E-state index in [9.17, 15) is 9.59 Å². The summed E-state index contributed by atoms with van der Waals surface area (Å²) in [6.45, 7) is -0.124. The van der Waals surface area contributed by atoms with E-state index in [1.165, 1.54) is 13.2 Å².